The minimum atomic E-state index is -4.60. The largest absolute Gasteiger partial charge is 0.476 e. The Balaban J connectivity index is 0.989. The van der Waals surface area contributed by atoms with E-state index in [9.17, 15) is 23.3 Å². The first-order chi connectivity index (χ1) is 31.7. The number of nitrogens with zero attached hydrogens (tertiary/aromatic N) is 5. The second-order valence-corrected chi connectivity index (χ2v) is 20.4. The van der Waals surface area contributed by atoms with E-state index in [1.807, 2.05) is 35.2 Å². The van der Waals surface area contributed by atoms with Crippen molar-refractivity contribution in [2.24, 2.45) is 5.41 Å². The van der Waals surface area contributed by atoms with Gasteiger partial charge in [0, 0.05) is 74.2 Å². The van der Waals surface area contributed by atoms with Crippen molar-refractivity contribution >= 4 is 72.6 Å². The molecule has 3 N–H and O–H groups in total. The number of ether oxygens (including phenoxy) is 3. The molecule has 0 bridgehead atoms. The predicted octanol–water partition coefficient (Wildman–Crippen LogP) is 8.09. The number of amides is 1. The molecule has 16 nitrogen and oxygen atoms in total. The number of fused-ring (bicyclic) bond motifs is 2. The molecule has 3 aromatic carbocycles. The van der Waals surface area contributed by atoms with E-state index in [2.05, 4.69) is 57.7 Å². The molecule has 1 aliphatic carbocycles. The highest BCUT2D eigenvalue weighted by Gasteiger charge is 2.32. The molecule has 2 saturated heterocycles. The number of halogens is 1. The minimum Gasteiger partial charge on any atom is -0.476 e. The topological polar surface area (TPSA) is 185 Å². The first kappa shape index (κ1) is 45.4. The number of allylic oxidation sites excluding steroid dienone is 1. The van der Waals surface area contributed by atoms with E-state index < -0.39 is 31.4 Å². The molecule has 5 aromatic rings. The molecule has 66 heavy (non-hydrogen) atoms. The van der Waals surface area contributed by atoms with Crippen molar-refractivity contribution in [2.45, 2.75) is 57.5 Å². The molecular formula is C48H55ClN8O8S. The van der Waals surface area contributed by atoms with Crippen LogP contribution in [0.25, 0.3) is 16.6 Å². The molecule has 2 aromatic heterocycles. The fourth-order valence-electron chi connectivity index (χ4n) is 9.43. The summed E-state index contributed by atoms with van der Waals surface area (Å²) in [5, 5.41) is 16.7. The Hall–Kier alpha value is -5.72. The van der Waals surface area contributed by atoms with Crippen LogP contribution in [0.1, 0.15) is 61.0 Å². The maximum absolute atomic E-state index is 14.4. The first-order valence-corrected chi connectivity index (χ1v) is 24.3. The minimum absolute atomic E-state index is 0.0997. The SMILES string of the molecule is Cc1cc(Cl)ccc1C1=C(CN2CCN(c3ccc(C(=O)NS(=O)(=O)c4ccc(NC[C@H]5COCCO5)c([N+](=O)[O-])c4)c(N4CCCOc5nc6[nH]ccc6cc54)c3)CC2)CCC(C)(C)C1. The number of hydrogen-bond acceptors (Lipinski definition) is 13. The third-order valence-electron chi connectivity index (χ3n) is 13.0. The molecule has 348 valence electrons. The number of piperazine rings is 1. The Labute approximate surface area is 389 Å². The molecule has 5 heterocycles. The number of hydrogen-bond donors (Lipinski definition) is 3. The van der Waals surface area contributed by atoms with Gasteiger partial charge in [-0.1, -0.05) is 37.1 Å². The lowest BCUT2D eigenvalue weighted by atomic mass is 9.72. The zero-order chi connectivity index (χ0) is 46.2. The number of pyridine rings is 1. The number of nitrogens with one attached hydrogen (secondary N) is 3. The van der Waals surface area contributed by atoms with Crippen LogP contribution in [0, 0.1) is 22.5 Å². The summed E-state index contributed by atoms with van der Waals surface area (Å²) < 4.78 is 47.3. The number of aromatic amines is 1. The molecule has 0 spiro atoms. The number of aromatic nitrogens is 2. The highest BCUT2D eigenvalue weighted by molar-refractivity contribution is 7.90. The fraction of sp³-hybridized carbons (Fsp3) is 0.417. The molecular weight excluding hydrogens is 884 g/mol. The van der Waals surface area contributed by atoms with Gasteiger partial charge in [-0.15, -0.1) is 0 Å². The normalized spacial score (nSPS) is 19.2. The summed E-state index contributed by atoms with van der Waals surface area (Å²) in [6.45, 7) is 13.1. The fourth-order valence-corrected chi connectivity index (χ4v) is 10.6. The number of benzene rings is 3. The number of H-pyrrole nitrogens is 1. The van der Waals surface area contributed by atoms with Crippen molar-refractivity contribution < 1.29 is 32.3 Å². The van der Waals surface area contributed by atoms with Crippen LogP contribution >= 0.6 is 11.6 Å². The van der Waals surface area contributed by atoms with Crippen LogP contribution < -0.4 is 24.6 Å². The molecule has 0 unspecified atom stereocenters. The van der Waals surface area contributed by atoms with E-state index in [4.69, 9.17) is 30.8 Å². The number of sulfonamides is 1. The molecule has 9 rings (SSSR count). The van der Waals surface area contributed by atoms with Crippen molar-refractivity contribution in [1.82, 2.24) is 19.6 Å². The van der Waals surface area contributed by atoms with Gasteiger partial charge in [0.1, 0.15) is 17.0 Å². The van der Waals surface area contributed by atoms with Gasteiger partial charge < -0.3 is 34.3 Å². The van der Waals surface area contributed by atoms with E-state index >= 15 is 0 Å². The molecule has 0 radical (unpaired) electrons. The number of nitro groups is 1. The summed E-state index contributed by atoms with van der Waals surface area (Å²) in [5.74, 6) is -0.503. The standard InChI is InChI=1S/C48H55ClN8O8S/c1-31-23-34(49)5-8-38(31)40-27-48(2,3)13-11-33(40)29-54-16-18-55(19-17-54)35-6-9-39(42(25-35)56-15-4-20-65-47-44(56)24-32-12-14-50-45(32)52-47)46(58)53-66(61,62)37-7-10-41(43(26-37)57(59)60)51-28-36-30-63-21-22-64-36/h5-10,12,14,23-26,36,51H,4,11,13,15-22,27-30H2,1-3H3,(H,50,52)(H,53,58)/t36-/m0/s1. The van der Waals surface area contributed by atoms with Gasteiger partial charge >= 0.3 is 0 Å². The van der Waals surface area contributed by atoms with E-state index in [1.54, 1.807) is 12.3 Å². The van der Waals surface area contributed by atoms with E-state index in [0.29, 0.717) is 62.3 Å². The number of aryl methyl sites for hydroxylation is 1. The van der Waals surface area contributed by atoms with Gasteiger partial charge in [0.05, 0.1) is 53.6 Å². The Bertz CT molecular complexity index is 2800. The molecule has 2 fully saturated rings. The Kier molecular flexibility index (Phi) is 13.0. The van der Waals surface area contributed by atoms with Gasteiger partial charge in [0.25, 0.3) is 21.6 Å². The number of anilines is 4. The number of rotatable bonds is 12. The van der Waals surface area contributed by atoms with Crippen molar-refractivity contribution in [1.29, 1.82) is 0 Å². The van der Waals surface area contributed by atoms with E-state index in [1.165, 1.54) is 34.4 Å². The number of carbonyl (C=O) groups is 1. The third kappa shape index (κ3) is 9.86. The smallest absolute Gasteiger partial charge is 0.293 e. The highest BCUT2D eigenvalue weighted by atomic mass is 35.5. The third-order valence-corrected chi connectivity index (χ3v) is 14.6. The van der Waals surface area contributed by atoms with Gasteiger partial charge in [-0.2, -0.15) is 4.98 Å². The van der Waals surface area contributed by atoms with Crippen molar-refractivity contribution in [2.75, 3.05) is 87.4 Å². The van der Waals surface area contributed by atoms with Gasteiger partial charge in [0.15, 0.2) is 0 Å². The molecule has 3 aliphatic heterocycles. The maximum atomic E-state index is 14.4. The predicted molar refractivity (Wildman–Crippen MR) is 256 cm³/mol. The van der Waals surface area contributed by atoms with Crippen LogP contribution in [0.5, 0.6) is 5.88 Å². The van der Waals surface area contributed by atoms with Crippen LogP contribution in [-0.4, -0.2) is 112 Å². The Morgan fingerprint density at radius 3 is 2.61 bits per heavy atom. The summed E-state index contributed by atoms with van der Waals surface area (Å²) >= 11 is 6.37. The lowest BCUT2D eigenvalue weighted by molar-refractivity contribution is -0.384. The zero-order valence-corrected chi connectivity index (χ0v) is 39.0. The Morgan fingerprint density at radius 1 is 1.00 bits per heavy atom. The molecule has 1 amide bonds. The summed E-state index contributed by atoms with van der Waals surface area (Å²) in [4.78, 5) is 40.1. The zero-order valence-electron chi connectivity index (χ0n) is 37.4. The molecule has 18 heteroatoms. The number of carbonyl (C=O) groups excluding carboxylic acids is 1. The molecule has 1 atom stereocenters. The van der Waals surface area contributed by atoms with Crippen molar-refractivity contribution in [3.63, 3.8) is 0 Å². The van der Waals surface area contributed by atoms with Gasteiger partial charge in [-0.05, 0) is 109 Å². The van der Waals surface area contributed by atoms with Crippen LogP contribution in [0.2, 0.25) is 5.02 Å². The van der Waals surface area contributed by atoms with Crippen molar-refractivity contribution in [3.05, 3.63) is 110 Å². The lowest BCUT2D eigenvalue weighted by Gasteiger charge is -2.39. The van der Waals surface area contributed by atoms with E-state index in [-0.39, 0.29) is 29.3 Å². The summed E-state index contributed by atoms with van der Waals surface area (Å²) in [7, 11) is -4.60. The quantitative estimate of drug-likeness (QED) is 0.0807. The Morgan fingerprint density at radius 2 is 1.83 bits per heavy atom. The number of nitro benzene ring substituents is 1. The average Bonchev–Trinajstić information content (AvgIpc) is 3.66. The first-order valence-electron chi connectivity index (χ1n) is 22.5. The van der Waals surface area contributed by atoms with Crippen LogP contribution in [-0.2, 0) is 19.5 Å². The second-order valence-electron chi connectivity index (χ2n) is 18.2. The lowest BCUT2D eigenvalue weighted by Crippen LogP contribution is -2.47. The highest BCUT2D eigenvalue weighted by Crippen LogP contribution is 2.45. The van der Waals surface area contributed by atoms with Gasteiger partial charge in [-0.25, -0.2) is 13.1 Å². The van der Waals surface area contributed by atoms with Gasteiger partial charge in [0.2, 0.25) is 5.88 Å². The maximum Gasteiger partial charge on any atom is 0.293 e. The van der Waals surface area contributed by atoms with Gasteiger partial charge in [-0.3, -0.25) is 19.8 Å². The summed E-state index contributed by atoms with van der Waals surface area (Å²) in [6, 6.07) is 19.0. The van der Waals surface area contributed by atoms with Crippen molar-refractivity contribution in [3.8, 4) is 5.88 Å². The monoisotopic (exact) mass is 938 g/mol. The van der Waals surface area contributed by atoms with Crippen LogP contribution in [0.15, 0.2) is 83.4 Å². The summed E-state index contributed by atoms with van der Waals surface area (Å²) in [5.41, 5.74) is 7.99. The summed E-state index contributed by atoms with van der Waals surface area (Å²) in [6.07, 6.45) is 5.26. The second kappa shape index (κ2) is 18.9. The molecule has 0 saturated carbocycles. The van der Waals surface area contributed by atoms with Crippen LogP contribution in [0.4, 0.5) is 28.4 Å². The van der Waals surface area contributed by atoms with E-state index in [0.717, 1.165) is 74.1 Å². The average molecular weight is 940 g/mol. The van der Waals surface area contributed by atoms with Crippen LogP contribution in [0.3, 0.4) is 0 Å². The molecule has 4 aliphatic rings.